The van der Waals surface area contributed by atoms with Crippen LogP contribution in [0, 0.1) is 18.2 Å². The molecule has 0 aliphatic rings. The highest BCUT2D eigenvalue weighted by Gasteiger charge is 2.26. The van der Waals surface area contributed by atoms with Crippen LogP contribution in [0.25, 0.3) is 0 Å². The molecule has 0 bridgehead atoms. The predicted octanol–water partition coefficient (Wildman–Crippen LogP) is 5.11. The summed E-state index contributed by atoms with van der Waals surface area (Å²) in [5.41, 5.74) is 1.27. The van der Waals surface area contributed by atoms with E-state index in [2.05, 4.69) is 0 Å². The summed E-state index contributed by atoms with van der Waals surface area (Å²) in [5, 5.41) is 0.178. The van der Waals surface area contributed by atoms with Crippen molar-refractivity contribution < 1.29 is 4.39 Å². The largest absolute Gasteiger partial charge is 0.207 e. The molecule has 0 saturated carbocycles. The lowest BCUT2D eigenvalue weighted by molar-refractivity contribution is 0.395. The first-order chi connectivity index (χ1) is 6.73. The number of benzene rings is 1. The molecule has 0 amide bonds. The van der Waals surface area contributed by atoms with Crippen LogP contribution in [0.15, 0.2) is 12.1 Å². The normalized spacial score (nSPS) is 14.1. The minimum absolute atomic E-state index is 0.102. The lowest BCUT2D eigenvalue weighted by atomic mass is 9.87. The summed E-state index contributed by atoms with van der Waals surface area (Å²) >= 11 is 12.3. The molecule has 0 fully saturated rings. The second-order valence-electron chi connectivity index (χ2n) is 4.85. The third kappa shape index (κ3) is 2.85. The van der Waals surface area contributed by atoms with Gasteiger partial charge in [0.05, 0.1) is 5.38 Å². The predicted molar refractivity (Wildman–Crippen MR) is 64.2 cm³/mol. The van der Waals surface area contributed by atoms with Gasteiger partial charge >= 0.3 is 0 Å². The van der Waals surface area contributed by atoms with E-state index in [1.54, 1.807) is 13.0 Å². The van der Waals surface area contributed by atoms with Gasteiger partial charge in [0.2, 0.25) is 0 Å². The Hall–Kier alpha value is -0.270. The van der Waals surface area contributed by atoms with Crippen molar-refractivity contribution in [3.8, 4) is 0 Å². The van der Waals surface area contributed by atoms with Crippen molar-refractivity contribution >= 4 is 23.2 Å². The third-order valence-electron chi connectivity index (χ3n) is 2.31. The van der Waals surface area contributed by atoms with Crippen LogP contribution in [0.4, 0.5) is 4.39 Å². The monoisotopic (exact) mass is 248 g/mol. The number of hydrogen-bond acceptors (Lipinski definition) is 0. The Labute approximate surface area is 100 Å². The fourth-order valence-electron chi connectivity index (χ4n) is 1.34. The molecule has 0 aliphatic carbocycles. The summed E-state index contributed by atoms with van der Waals surface area (Å²) in [4.78, 5) is 0. The van der Waals surface area contributed by atoms with E-state index in [1.807, 2.05) is 20.8 Å². The Morgan fingerprint density at radius 2 is 1.80 bits per heavy atom. The highest BCUT2D eigenvalue weighted by molar-refractivity contribution is 6.32. The molecular formula is C12H15Cl2F. The zero-order chi connectivity index (χ0) is 11.8. The minimum Gasteiger partial charge on any atom is -0.207 e. The molecule has 0 spiro atoms. The molecule has 0 radical (unpaired) electrons. The van der Waals surface area contributed by atoms with Crippen LogP contribution in [-0.2, 0) is 0 Å². The highest BCUT2D eigenvalue weighted by atomic mass is 35.5. The van der Waals surface area contributed by atoms with Crippen molar-refractivity contribution in [2.45, 2.75) is 33.1 Å². The standard InChI is InChI=1S/C12H15Cl2F/c1-7-5-8(9(13)6-10(7)15)11(14)12(2,3)4/h5-6,11H,1-4H3. The smallest absolute Gasteiger partial charge is 0.127 e. The van der Waals surface area contributed by atoms with E-state index in [9.17, 15) is 4.39 Å². The number of rotatable bonds is 1. The molecule has 15 heavy (non-hydrogen) atoms. The molecule has 0 nitrogen and oxygen atoms in total. The van der Waals surface area contributed by atoms with Gasteiger partial charge in [0.25, 0.3) is 0 Å². The molecule has 3 heteroatoms. The highest BCUT2D eigenvalue weighted by Crippen LogP contribution is 2.41. The van der Waals surface area contributed by atoms with Crippen molar-refractivity contribution in [2.75, 3.05) is 0 Å². The Morgan fingerprint density at radius 3 is 2.27 bits per heavy atom. The van der Waals surface area contributed by atoms with Crippen LogP contribution in [-0.4, -0.2) is 0 Å². The summed E-state index contributed by atoms with van der Waals surface area (Å²) in [7, 11) is 0. The lowest BCUT2D eigenvalue weighted by Gasteiger charge is -2.26. The van der Waals surface area contributed by atoms with Gasteiger partial charge in [0.15, 0.2) is 0 Å². The van der Waals surface area contributed by atoms with Gasteiger partial charge in [-0.05, 0) is 29.5 Å². The van der Waals surface area contributed by atoms with Crippen molar-refractivity contribution in [2.24, 2.45) is 5.41 Å². The molecule has 1 aromatic rings. The third-order valence-corrected chi connectivity index (χ3v) is 3.53. The molecular weight excluding hydrogens is 234 g/mol. The number of hydrogen-bond donors (Lipinski definition) is 0. The van der Waals surface area contributed by atoms with Crippen molar-refractivity contribution in [3.63, 3.8) is 0 Å². The fraction of sp³-hybridized carbons (Fsp3) is 0.500. The molecule has 1 unspecified atom stereocenters. The molecule has 1 atom stereocenters. The molecule has 1 aromatic carbocycles. The first-order valence-electron chi connectivity index (χ1n) is 4.83. The lowest BCUT2D eigenvalue weighted by Crippen LogP contribution is -2.14. The van der Waals surface area contributed by atoms with Gasteiger partial charge in [-0.25, -0.2) is 4.39 Å². The maximum atomic E-state index is 13.2. The van der Waals surface area contributed by atoms with Crippen LogP contribution in [0.3, 0.4) is 0 Å². The van der Waals surface area contributed by atoms with Crippen LogP contribution in [0.5, 0.6) is 0 Å². The van der Waals surface area contributed by atoms with E-state index in [4.69, 9.17) is 23.2 Å². The van der Waals surface area contributed by atoms with Gasteiger partial charge in [-0.15, -0.1) is 11.6 Å². The quantitative estimate of drug-likeness (QED) is 0.606. The van der Waals surface area contributed by atoms with Gasteiger partial charge in [0, 0.05) is 5.02 Å². The first kappa shape index (κ1) is 12.8. The van der Waals surface area contributed by atoms with Gasteiger partial charge in [-0.3, -0.25) is 0 Å². The number of aryl methyl sites for hydroxylation is 1. The molecule has 84 valence electrons. The van der Waals surface area contributed by atoms with E-state index < -0.39 is 0 Å². The van der Waals surface area contributed by atoms with E-state index in [1.165, 1.54) is 6.07 Å². The Bertz CT molecular complexity index is 367. The second-order valence-corrected chi connectivity index (χ2v) is 5.70. The van der Waals surface area contributed by atoms with Crippen LogP contribution >= 0.6 is 23.2 Å². The average Bonchev–Trinajstić information content (AvgIpc) is 2.08. The van der Waals surface area contributed by atoms with Crippen LogP contribution in [0.2, 0.25) is 5.02 Å². The SMILES string of the molecule is Cc1cc(C(Cl)C(C)(C)C)c(Cl)cc1F. The van der Waals surface area contributed by atoms with Crippen molar-refractivity contribution in [1.29, 1.82) is 0 Å². The number of alkyl halides is 1. The van der Waals surface area contributed by atoms with Crippen LogP contribution in [0.1, 0.15) is 37.3 Å². The first-order valence-corrected chi connectivity index (χ1v) is 5.64. The molecule has 0 saturated heterocycles. The fourth-order valence-corrected chi connectivity index (χ4v) is 1.84. The summed E-state index contributed by atoms with van der Waals surface area (Å²) < 4.78 is 13.2. The van der Waals surface area contributed by atoms with E-state index in [0.29, 0.717) is 10.6 Å². The maximum Gasteiger partial charge on any atom is 0.127 e. The second kappa shape index (κ2) is 4.31. The summed E-state index contributed by atoms with van der Waals surface area (Å²) in [6.45, 7) is 7.79. The minimum atomic E-state index is -0.290. The van der Waals surface area contributed by atoms with E-state index in [0.717, 1.165) is 5.56 Å². The molecule has 0 N–H and O–H groups in total. The van der Waals surface area contributed by atoms with Gasteiger partial charge in [0.1, 0.15) is 5.82 Å². The summed E-state index contributed by atoms with van der Waals surface area (Å²) in [6.07, 6.45) is 0. The molecule has 0 heterocycles. The molecule has 0 aromatic heterocycles. The van der Waals surface area contributed by atoms with Gasteiger partial charge in [-0.1, -0.05) is 38.4 Å². The summed E-state index contributed by atoms with van der Waals surface area (Å²) in [5.74, 6) is -0.290. The van der Waals surface area contributed by atoms with E-state index >= 15 is 0 Å². The average molecular weight is 249 g/mol. The topological polar surface area (TPSA) is 0 Å². The maximum absolute atomic E-state index is 13.2. The Morgan fingerprint density at radius 1 is 1.27 bits per heavy atom. The van der Waals surface area contributed by atoms with Crippen molar-refractivity contribution in [1.82, 2.24) is 0 Å². The Balaban J connectivity index is 3.21. The van der Waals surface area contributed by atoms with E-state index in [-0.39, 0.29) is 16.6 Å². The number of halogens is 3. The van der Waals surface area contributed by atoms with Gasteiger partial charge < -0.3 is 0 Å². The molecule has 0 aliphatic heterocycles. The van der Waals surface area contributed by atoms with Gasteiger partial charge in [-0.2, -0.15) is 0 Å². The van der Waals surface area contributed by atoms with Crippen LogP contribution < -0.4 is 0 Å². The zero-order valence-corrected chi connectivity index (χ0v) is 10.9. The summed E-state index contributed by atoms with van der Waals surface area (Å²) in [6, 6.07) is 3.05. The Kier molecular flexibility index (Phi) is 3.67. The molecule has 1 rings (SSSR count). The van der Waals surface area contributed by atoms with Crippen molar-refractivity contribution in [3.05, 3.63) is 34.1 Å². The zero-order valence-electron chi connectivity index (χ0n) is 9.37.